The standard InChI is InChI=1S/C21H21N3O4S/c1-10-5-12(11(2)28-10)16-9-29-20(23-16)24-19(27)14-6-13-15(22-18(14)26)7-21(3,4)8-17(13)25/h5-6,9H,7-8H2,1-4H3,(H,22,26)(H,23,24,27). The Morgan fingerprint density at radius 3 is 2.66 bits per heavy atom. The fraction of sp³-hybridized carbons (Fsp3) is 0.333. The number of anilines is 1. The van der Waals surface area contributed by atoms with Gasteiger partial charge < -0.3 is 9.40 Å². The number of thiazole rings is 1. The minimum atomic E-state index is -0.590. The number of fused-ring (bicyclic) bond motifs is 1. The minimum Gasteiger partial charge on any atom is -0.466 e. The van der Waals surface area contributed by atoms with Crippen LogP contribution in [0.25, 0.3) is 11.3 Å². The molecular formula is C21H21N3O4S. The molecule has 3 aromatic rings. The molecule has 1 aliphatic carbocycles. The molecule has 0 unspecified atom stereocenters. The molecule has 0 saturated carbocycles. The Morgan fingerprint density at radius 1 is 1.21 bits per heavy atom. The van der Waals surface area contributed by atoms with E-state index in [1.165, 1.54) is 17.4 Å². The maximum absolute atomic E-state index is 12.7. The molecule has 0 atom stereocenters. The van der Waals surface area contributed by atoms with Crippen molar-refractivity contribution in [3.63, 3.8) is 0 Å². The number of rotatable bonds is 3. The summed E-state index contributed by atoms with van der Waals surface area (Å²) in [6, 6.07) is 3.29. The Kier molecular flexibility index (Phi) is 4.53. The highest BCUT2D eigenvalue weighted by Gasteiger charge is 2.32. The average Bonchev–Trinajstić information content (AvgIpc) is 3.18. The number of hydrogen-bond donors (Lipinski definition) is 2. The lowest BCUT2D eigenvalue weighted by Gasteiger charge is -2.29. The minimum absolute atomic E-state index is 0.0658. The van der Waals surface area contributed by atoms with Crippen LogP contribution < -0.4 is 10.9 Å². The third-order valence-electron chi connectivity index (χ3n) is 5.00. The van der Waals surface area contributed by atoms with Crippen molar-refractivity contribution < 1.29 is 14.0 Å². The number of H-pyrrole nitrogens is 1. The summed E-state index contributed by atoms with van der Waals surface area (Å²) in [5.74, 6) is 0.874. The first kappa shape index (κ1) is 19.3. The predicted molar refractivity (Wildman–Crippen MR) is 111 cm³/mol. The molecule has 0 aliphatic heterocycles. The molecule has 0 bridgehead atoms. The van der Waals surface area contributed by atoms with E-state index < -0.39 is 11.5 Å². The summed E-state index contributed by atoms with van der Waals surface area (Å²) < 4.78 is 5.52. The van der Waals surface area contributed by atoms with Gasteiger partial charge in [0.25, 0.3) is 11.5 Å². The van der Waals surface area contributed by atoms with Gasteiger partial charge in [0.1, 0.15) is 17.1 Å². The van der Waals surface area contributed by atoms with Gasteiger partial charge in [0.15, 0.2) is 10.9 Å². The Labute approximate surface area is 171 Å². The maximum Gasteiger partial charge on any atom is 0.263 e. The molecule has 0 saturated heterocycles. The number of carbonyl (C=O) groups excluding carboxylic acids is 2. The summed E-state index contributed by atoms with van der Waals surface area (Å²) in [5.41, 5.74) is 1.75. The number of aromatic nitrogens is 2. The summed E-state index contributed by atoms with van der Waals surface area (Å²) >= 11 is 1.26. The number of aryl methyl sites for hydroxylation is 2. The number of furan rings is 1. The first-order valence-electron chi connectivity index (χ1n) is 9.27. The van der Waals surface area contributed by atoms with Crippen molar-refractivity contribution in [3.05, 3.63) is 56.2 Å². The van der Waals surface area contributed by atoms with Crippen molar-refractivity contribution in [2.75, 3.05) is 5.32 Å². The number of carbonyl (C=O) groups is 2. The van der Waals surface area contributed by atoms with E-state index in [4.69, 9.17) is 4.42 Å². The van der Waals surface area contributed by atoms with Gasteiger partial charge in [-0.25, -0.2) is 4.98 Å². The zero-order chi connectivity index (χ0) is 20.9. The highest BCUT2D eigenvalue weighted by molar-refractivity contribution is 7.14. The number of Topliss-reactive ketones (excluding diaryl/α,β-unsaturated/α-hetero) is 1. The lowest BCUT2D eigenvalue weighted by Crippen LogP contribution is -2.32. The summed E-state index contributed by atoms with van der Waals surface area (Å²) in [5, 5.41) is 4.84. The number of hydrogen-bond acceptors (Lipinski definition) is 6. The smallest absolute Gasteiger partial charge is 0.263 e. The van der Waals surface area contributed by atoms with Gasteiger partial charge in [-0.05, 0) is 37.8 Å². The number of nitrogens with zero attached hydrogens (tertiary/aromatic N) is 1. The second kappa shape index (κ2) is 6.81. The highest BCUT2D eigenvalue weighted by atomic mass is 32.1. The van der Waals surface area contributed by atoms with Crippen LogP contribution in [-0.2, 0) is 6.42 Å². The lowest BCUT2D eigenvalue weighted by atomic mass is 9.75. The molecule has 0 radical (unpaired) electrons. The second-order valence-electron chi connectivity index (χ2n) is 8.16. The van der Waals surface area contributed by atoms with Gasteiger partial charge in [-0.15, -0.1) is 11.3 Å². The predicted octanol–water partition coefficient (Wildman–Crippen LogP) is 4.12. The fourth-order valence-electron chi connectivity index (χ4n) is 3.70. The van der Waals surface area contributed by atoms with Crippen LogP contribution in [0.1, 0.15) is 58.2 Å². The third kappa shape index (κ3) is 3.67. The molecule has 7 nitrogen and oxygen atoms in total. The second-order valence-corrected chi connectivity index (χ2v) is 9.02. The molecule has 3 aromatic heterocycles. The van der Waals surface area contributed by atoms with Crippen LogP contribution in [0.15, 0.2) is 26.7 Å². The van der Waals surface area contributed by atoms with Gasteiger partial charge in [0, 0.05) is 28.6 Å². The van der Waals surface area contributed by atoms with Crippen LogP contribution in [0.5, 0.6) is 0 Å². The van der Waals surface area contributed by atoms with Crippen molar-refractivity contribution in [2.24, 2.45) is 5.41 Å². The van der Waals surface area contributed by atoms with Crippen molar-refractivity contribution in [1.82, 2.24) is 9.97 Å². The topological polar surface area (TPSA) is 105 Å². The quantitative estimate of drug-likeness (QED) is 0.675. The Morgan fingerprint density at radius 2 is 1.97 bits per heavy atom. The molecule has 1 amide bonds. The lowest BCUT2D eigenvalue weighted by molar-refractivity contribution is 0.0910. The molecule has 2 N–H and O–H groups in total. The number of ketones is 1. The fourth-order valence-corrected chi connectivity index (χ4v) is 4.41. The van der Waals surface area contributed by atoms with Crippen LogP contribution in [0.2, 0.25) is 0 Å². The first-order valence-corrected chi connectivity index (χ1v) is 10.1. The third-order valence-corrected chi connectivity index (χ3v) is 5.76. The van der Waals surface area contributed by atoms with Gasteiger partial charge in [-0.3, -0.25) is 19.7 Å². The van der Waals surface area contributed by atoms with Crippen molar-refractivity contribution >= 4 is 28.2 Å². The van der Waals surface area contributed by atoms with Crippen LogP contribution in [0.4, 0.5) is 5.13 Å². The Bertz CT molecular complexity index is 1200. The van der Waals surface area contributed by atoms with Crippen molar-refractivity contribution in [3.8, 4) is 11.3 Å². The summed E-state index contributed by atoms with van der Waals surface area (Å²) in [4.78, 5) is 44.7. The van der Waals surface area contributed by atoms with Crippen LogP contribution in [-0.4, -0.2) is 21.7 Å². The Balaban J connectivity index is 1.60. The zero-order valence-corrected chi connectivity index (χ0v) is 17.5. The molecule has 29 heavy (non-hydrogen) atoms. The van der Waals surface area contributed by atoms with Gasteiger partial charge in [-0.1, -0.05) is 13.8 Å². The van der Waals surface area contributed by atoms with E-state index in [-0.39, 0.29) is 16.8 Å². The molecule has 0 aromatic carbocycles. The molecular weight excluding hydrogens is 390 g/mol. The van der Waals surface area contributed by atoms with Gasteiger partial charge in [-0.2, -0.15) is 0 Å². The van der Waals surface area contributed by atoms with Gasteiger partial charge in [0.2, 0.25) is 0 Å². The Hall–Kier alpha value is -3.00. The maximum atomic E-state index is 12.7. The number of aromatic amines is 1. The zero-order valence-electron chi connectivity index (χ0n) is 16.6. The van der Waals surface area contributed by atoms with Crippen LogP contribution >= 0.6 is 11.3 Å². The van der Waals surface area contributed by atoms with E-state index >= 15 is 0 Å². The van der Waals surface area contributed by atoms with Crippen molar-refractivity contribution in [1.29, 1.82) is 0 Å². The molecule has 1 aliphatic rings. The van der Waals surface area contributed by atoms with E-state index in [0.29, 0.717) is 34.9 Å². The van der Waals surface area contributed by atoms with E-state index in [1.807, 2.05) is 39.1 Å². The van der Waals surface area contributed by atoms with E-state index in [1.54, 1.807) is 0 Å². The summed E-state index contributed by atoms with van der Waals surface area (Å²) in [6.45, 7) is 7.67. The monoisotopic (exact) mass is 411 g/mol. The number of pyridine rings is 1. The summed E-state index contributed by atoms with van der Waals surface area (Å²) in [6.07, 6.45) is 0.969. The number of amides is 1. The van der Waals surface area contributed by atoms with E-state index in [2.05, 4.69) is 15.3 Å². The highest BCUT2D eigenvalue weighted by Crippen LogP contribution is 2.33. The molecule has 150 valence electrons. The van der Waals surface area contributed by atoms with E-state index in [9.17, 15) is 14.4 Å². The molecule has 4 rings (SSSR count). The first-order chi connectivity index (χ1) is 13.6. The van der Waals surface area contributed by atoms with Crippen LogP contribution in [0, 0.1) is 19.3 Å². The molecule has 8 heteroatoms. The number of nitrogens with one attached hydrogen (secondary N) is 2. The SMILES string of the molecule is Cc1cc(-c2csc(NC(=O)c3cc4c([nH]c3=O)CC(C)(C)CC4=O)n2)c(C)o1. The van der Waals surface area contributed by atoms with Crippen LogP contribution in [0.3, 0.4) is 0 Å². The van der Waals surface area contributed by atoms with Gasteiger partial charge in [0.05, 0.1) is 5.69 Å². The average molecular weight is 411 g/mol. The summed E-state index contributed by atoms with van der Waals surface area (Å²) in [7, 11) is 0. The molecule has 0 fully saturated rings. The van der Waals surface area contributed by atoms with E-state index in [0.717, 1.165) is 17.1 Å². The largest absolute Gasteiger partial charge is 0.466 e. The van der Waals surface area contributed by atoms with Gasteiger partial charge >= 0.3 is 0 Å². The normalized spacial score (nSPS) is 15.2. The molecule has 0 spiro atoms. The van der Waals surface area contributed by atoms with Crippen molar-refractivity contribution in [2.45, 2.75) is 40.5 Å². The molecule has 3 heterocycles.